The van der Waals surface area contributed by atoms with Crippen molar-refractivity contribution in [3.05, 3.63) is 33.8 Å². The van der Waals surface area contributed by atoms with E-state index >= 15 is 0 Å². The number of hydrogen-bond donors (Lipinski definition) is 1. The van der Waals surface area contributed by atoms with Crippen LogP contribution in [0.5, 0.6) is 0 Å². The third kappa shape index (κ3) is 4.93. The van der Waals surface area contributed by atoms with Crippen molar-refractivity contribution >= 4 is 21.9 Å². The van der Waals surface area contributed by atoms with Crippen LogP contribution in [-0.2, 0) is 14.3 Å². The fraction of sp³-hybridized carbons (Fsp3) is 0.500. The molecule has 0 aromatic heterocycles. The maximum Gasteiger partial charge on any atom is 0.327 e. The molecule has 0 saturated heterocycles. The molecule has 0 aliphatic heterocycles. The molecule has 0 aliphatic carbocycles. The van der Waals surface area contributed by atoms with Crippen LogP contribution in [0.4, 0.5) is 0 Å². The summed E-state index contributed by atoms with van der Waals surface area (Å²) in [5.74, 6) is -0.264. The van der Waals surface area contributed by atoms with Crippen LogP contribution < -0.4 is 5.32 Å². The Hall–Kier alpha value is -0.910. The van der Waals surface area contributed by atoms with Gasteiger partial charge in [0.2, 0.25) is 0 Å². The number of methoxy groups -OCH3 is 1. The quantitative estimate of drug-likeness (QED) is 0.617. The van der Waals surface area contributed by atoms with E-state index in [0.29, 0.717) is 19.8 Å². The molecule has 1 atom stereocenters. The molecule has 0 saturated carbocycles. The first-order valence-corrected chi connectivity index (χ1v) is 7.04. The highest BCUT2D eigenvalue weighted by molar-refractivity contribution is 9.10. The molecule has 1 rings (SSSR count). The van der Waals surface area contributed by atoms with Crippen molar-refractivity contribution in [2.45, 2.75) is 19.9 Å². The van der Waals surface area contributed by atoms with Crippen molar-refractivity contribution in [2.24, 2.45) is 0 Å². The molecule has 0 heterocycles. The topological polar surface area (TPSA) is 47.6 Å². The van der Waals surface area contributed by atoms with Crippen LogP contribution in [0.1, 0.15) is 24.1 Å². The van der Waals surface area contributed by atoms with Crippen molar-refractivity contribution < 1.29 is 14.3 Å². The molecule has 5 heteroatoms. The fourth-order valence-electron chi connectivity index (χ4n) is 1.72. The third-order valence-electron chi connectivity index (χ3n) is 2.69. The highest BCUT2D eigenvalue weighted by Crippen LogP contribution is 2.22. The maximum absolute atomic E-state index is 12.0. The van der Waals surface area contributed by atoms with Crippen molar-refractivity contribution in [3.63, 3.8) is 0 Å². The van der Waals surface area contributed by atoms with Gasteiger partial charge >= 0.3 is 5.97 Å². The molecule has 0 aliphatic rings. The van der Waals surface area contributed by atoms with E-state index in [1.807, 2.05) is 25.1 Å². The summed E-state index contributed by atoms with van der Waals surface area (Å²) in [7, 11) is 1.63. The molecule has 1 unspecified atom stereocenters. The van der Waals surface area contributed by atoms with Crippen LogP contribution in [0.3, 0.4) is 0 Å². The number of carbonyl (C=O) groups excluding carboxylic acids is 1. The van der Waals surface area contributed by atoms with Gasteiger partial charge in [0.25, 0.3) is 0 Å². The van der Waals surface area contributed by atoms with Crippen molar-refractivity contribution in [3.8, 4) is 0 Å². The molecule has 0 fully saturated rings. The largest absolute Gasteiger partial charge is 0.465 e. The number of esters is 1. The summed E-state index contributed by atoms with van der Waals surface area (Å²) in [6.45, 7) is 5.30. The van der Waals surface area contributed by atoms with E-state index in [1.165, 1.54) is 0 Å². The predicted octanol–water partition coefficient (Wildman–Crippen LogP) is 2.60. The van der Waals surface area contributed by atoms with Gasteiger partial charge in [-0.25, -0.2) is 4.79 Å². The van der Waals surface area contributed by atoms with Gasteiger partial charge in [0, 0.05) is 18.1 Å². The Labute approximate surface area is 122 Å². The summed E-state index contributed by atoms with van der Waals surface area (Å²) in [5, 5.41) is 3.15. The van der Waals surface area contributed by atoms with E-state index in [9.17, 15) is 4.79 Å². The van der Waals surface area contributed by atoms with Crippen LogP contribution in [0.2, 0.25) is 0 Å². The SMILES string of the molecule is CCOC(=O)C(NCCOC)c1ccc(Br)c(C)c1. The molecule has 0 bridgehead atoms. The second-order valence-electron chi connectivity index (χ2n) is 4.14. The molecule has 106 valence electrons. The molecule has 4 nitrogen and oxygen atoms in total. The van der Waals surface area contributed by atoms with Crippen LogP contribution in [-0.4, -0.2) is 32.8 Å². The minimum Gasteiger partial charge on any atom is -0.465 e. The summed E-state index contributed by atoms with van der Waals surface area (Å²) in [5.41, 5.74) is 1.98. The zero-order valence-corrected chi connectivity index (χ0v) is 13.1. The Morgan fingerprint density at radius 2 is 2.21 bits per heavy atom. The molecule has 0 spiro atoms. The summed E-state index contributed by atoms with van der Waals surface area (Å²) < 4.78 is 11.1. The van der Waals surface area contributed by atoms with Gasteiger partial charge in [-0.05, 0) is 31.0 Å². The average Bonchev–Trinajstić information content (AvgIpc) is 2.38. The highest BCUT2D eigenvalue weighted by atomic mass is 79.9. The van der Waals surface area contributed by atoms with Gasteiger partial charge < -0.3 is 9.47 Å². The second-order valence-corrected chi connectivity index (χ2v) is 4.99. The standard InChI is InChI=1S/C14H20BrNO3/c1-4-19-14(17)13(16-7-8-18-3)11-5-6-12(15)10(2)9-11/h5-6,9,13,16H,4,7-8H2,1-3H3. The predicted molar refractivity (Wildman–Crippen MR) is 78.1 cm³/mol. The smallest absolute Gasteiger partial charge is 0.327 e. The molecule has 1 aromatic carbocycles. The molecule has 0 amide bonds. The number of halogens is 1. The number of ether oxygens (including phenoxy) is 2. The zero-order valence-electron chi connectivity index (χ0n) is 11.5. The van der Waals surface area contributed by atoms with Crippen molar-refractivity contribution in [1.82, 2.24) is 5.32 Å². The Bertz CT molecular complexity index is 423. The van der Waals surface area contributed by atoms with Gasteiger partial charge in [-0.15, -0.1) is 0 Å². The lowest BCUT2D eigenvalue weighted by Crippen LogP contribution is -2.32. The molecular formula is C14H20BrNO3. The Morgan fingerprint density at radius 3 is 2.79 bits per heavy atom. The second kappa shape index (κ2) is 8.30. The monoisotopic (exact) mass is 329 g/mol. The Balaban J connectivity index is 2.87. The number of carbonyl (C=O) groups is 1. The van der Waals surface area contributed by atoms with Gasteiger partial charge in [0.15, 0.2) is 0 Å². The van der Waals surface area contributed by atoms with Gasteiger partial charge in [-0.2, -0.15) is 0 Å². The Kier molecular flexibility index (Phi) is 7.05. The summed E-state index contributed by atoms with van der Waals surface area (Å²) in [4.78, 5) is 12.0. The molecule has 1 aromatic rings. The first-order chi connectivity index (χ1) is 9.10. The molecule has 1 N–H and O–H groups in total. The van der Waals surface area contributed by atoms with E-state index in [4.69, 9.17) is 9.47 Å². The van der Waals surface area contributed by atoms with Gasteiger partial charge in [0.1, 0.15) is 6.04 Å². The van der Waals surface area contributed by atoms with Crippen LogP contribution >= 0.6 is 15.9 Å². The summed E-state index contributed by atoms with van der Waals surface area (Å²) >= 11 is 3.45. The fourth-order valence-corrected chi connectivity index (χ4v) is 1.96. The lowest BCUT2D eigenvalue weighted by Gasteiger charge is -2.18. The van der Waals surface area contributed by atoms with Crippen molar-refractivity contribution in [1.29, 1.82) is 0 Å². The number of nitrogens with one attached hydrogen (secondary N) is 1. The first kappa shape index (κ1) is 16.1. The van der Waals surface area contributed by atoms with E-state index in [1.54, 1.807) is 14.0 Å². The van der Waals surface area contributed by atoms with Crippen LogP contribution in [0.25, 0.3) is 0 Å². The van der Waals surface area contributed by atoms with E-state index in [2.05, 4.69) is 21.2 Å². The highest BCUT2D eigenvalue weighted by Gasteiger charge is 2.21. The number of rotatable bonds is 7. The van der Waals surface area contributed by atoms with Gasteiger partial charge in [-0.1, -0.05) is 28.1 Å². The number of hydrogen-bond acceptors (Lipinski definition) is 4. The minimum atomic E-state index is -0.457. The summed E-state index contributed by atoms with van der Waals surface area (Å²) in [6, 6.07) is 5.38. The Morgan fingerprint density at radius 1 is 1.47 bits per heavy atom. The van der Waals surface area contributed by atoms with E-state index < -0.39 is 6.04 Å². The zero-order chi connectivity index (χ0) is 14.3. The lowest BCUT2D eigenvalue weighted by molar-refractivity contribution is -0.145. The van der Waals surface area contributed by atoms with Gasteiger partial charge in [0.05, 0.1) is 13.2 Å². The third-order valence-corrected chi connectivity index (χ3v) is 3.58. The molecule has 0 radical (unpaired) electrons. The van der Waals surface area contributed by atoms with Gasteiger partial charge in [-0.3, -0.25) is 5.32 Å². The van der Waals surface area contributed by atoms with Crippen LogP contribution in [0, 0.1) is 6.92 Å². The van der Waals surface area contributed by atoms with E-state index in [-0.39, 0.29) is 5.97 Å². The minimum absolute atomic E-state index is 0.264. The number of benzene rings is 1. The maximum atomic E-state index is 12.0. The van der Waals surface area contributed by atoms with E-state index in [0.717, 1.165) is 15.6 Å². The lowest BCUT2D eigenvalue weighted by atomic mass is 10.0. The first-order valence-electron chi connectivity index (χ1n) is 6.25. The molecule has 19 heavy (non-hydrogen) atoms. The summed E-state index contributed by atoms with van der Waals surface area (Å²) in [6.07, 6.45) is 0. The molecular weight excluding hydrogens is 310 g/mol. The normalized spacial score (nSPS) is 12.2. The average molecular weight is 330 g/mol. The van der Waals surface area contributed by atoms with Crippen LogP contribution in [0.15, 0.2) is 22.7 Å². The number of aryl methyl sites for hydroxylation is 1. The van der Waals surface area contributed by atoms with Crippen molar-refractivity contribution in [2.75, 3.05) is 26.9 Å².